The van der Waals surface area contributed by atoms with E-state index in [1.54, 1.807) is 0 Å². The van der Waals surface area contributed by atoms with Crippen molar-refractivity contribution in [2.75, 3.05) is 5.88 Å². The molecule has 0 bridgehead atoms. The summed E-state index contributed by atoms with van der Waals surface area (Å²) in [5.41, 5.74) is 1.82. The first-order valence-corrected chi connectivity index (χ1v) is 4.82. The van der Waals surface area contributed by atoms with Gasteiger partial charge in [0.25, 0.3) is 0 Å². The lowest BCUT2D eigenvalue weighted by atomic mass is 10.1. The number of tetrazole rings is 1. The number of H-pyrrole nitrogens is 1. The van der Waals surface area contributed by atoms with Crippen molar-refractivity contribution < 1.29 is 0 Å². The minimum atomic E-state index is 0.340. The van der Waals surface area contributed by atoms with Crippen molar-refractivity contribution in [1.82, 2.24) is 20.6 Å². The van der Waals surface area contributed by atoms with E-state index in [0.29, 0.717) is 11.7 Å². The fourth-order valence-electron chi connectivity index (χ4n) is 1.12. The number of halogens is 1. The quantitative estimate of drug-likeness (QED) is 0.582. The number of hydrogen-bond acceptors (Lipinski definition) is 3. The van der Waals surface area contributed by atoms with Crippen molar-refractivity contribution >= 4 is 11.6 Å². The van der Waals surface area contributed by atoms with Crippen molar-refractivity contribution in [3.05, 3.63) is 29.8 Å². The molecule has 0 saturated heterocycles. The van der Waals surface area contributed by atoms with Crippen LogP contribution in [0, 0.1) is 11.8 Å². The molecule has 0 radical (unpaired) electrons. The molecule has 0 aliphatic carbocycles. The number of nitrogens with zero attached hydrogens (tertiary/aromatic N) is 3. The predicted molar refractivity (Wildman–Crippen MR) is 57.2 cm³/mol. The summed E-state index contributed by atoms with van der Waals surface area (Å²) in [6.45, 7) is 0. The van der Waals surface area contributed by atoms with Crippen molar-refractivity contribution in [2.24, 2.45) is 0 Å². The van der Waals surface area contributed by atoms with Gasteiger partial charge in [-0.3, -0.25) is 0 Å². The molecule has 74 valence electrons. The molecule has 1 aromatic heterocycles. The molecule has 15 heavy (non-hydrogen) atoms. The summed E-state index contributed by atoms with van der Waals surface area (Å²) in [6.07, 6.45) is 0. The number of rotatable bonds is 1. The van der Waals surface area contributed by atoms with Crippen LogP contribution >= 0.6 is 11.6 Å². The minimum absolute atomic E-state index is 0.340. The lowest BCUT2D eigenvalue weighted by Gasteiger charge is -1.93. The van der Waals surface area contributed by atoms with Crippen molar-refractivity contribution in [2.45, 2.75) is 0 Å². The van der Waals surface area contributed by atoms with Crippen LogP contribution in [-0.2, 0) is 0 Å². The van der Waals surface area contributed by atoms with Crippen LogP contribution in [-0.4, -0.2) is 26.5 Å². The van der Waals surface area contributed by atoms with Crippen LogP contribution in [0.1, 0.15) is 5.56 Å². The summed E-state index contributed by atoms with van der Waals surface area (Å²) >= 11 is 5.46. The Morgan fingerprint density at radius 2 is 2.07 bits per heavy atom. The van der Waals surface area contributed by atoms with Gasteiger partial charge in [-0.05, 0) is 29.5 Å². The van der Waals surface area contributed by atoms with Crippen LogP contribution in [0.3, 0.4) is 0 Å². The van der Waals surface area contributed by atoms with Crippen LogP contribution in [0.25, 0.3) is 11.4 Å². The second-order valence-corrected chi connectivity index (χ2v) is 3.02. The molecule has 4 nitrogen and oxygen atoms in total. The maximum Gasteiger partial charge on any atom is 0.204 e. The number of nitrogens with one attached hydrogen (secondary N) is 1. The van der Waals surface area contributed by atoms with E-state index in [1.165, 1.54) is 0 Å². The third-order valence-electron chi connectivity index (χ3n) is 1.79. The standard InChI is InChI=1S/C10H7ClN4/c11-7-1-2-8-3-5-9(6-4-8)10-12-14-15-13-10/h3-6H,7H2,(H,12,13,14,15). The number of alkyl halides is 1. The second-order valence-electron chi connectivity index (χ2n) is 2.75. The molecule has 0 fully saturated rings. The second kappa shape index (κ2) is 4.58. The first-order valence-electron chi connectivity index (χ1n) is 4.29. The summed E-state index contributed by atoms with van der Waals surface area (Å²) in [5, 5.41) is 13.6. The maximum atomic E-state index is 5.46. The largest absolute Gasteiger partial charge is 0.204 e. The van der Waals surface area contributed by atoms with Gasteiger partial charge in [-0.25, -0.2) is 0 Å². The molecular weight excluding hydrogens is 212 g/mol. The van der Waals surface area contributed by atoms with Crippen LogP contribution < -0.4 is 0 Å². The van der Waals surface area contributed by atoms with Crippen LogP contribution in [0.4, 0.5) is 0 Å². The Balaban J connectivity index is 2.25. The zero-order valence-electron chi connectivity index (χ0n) is 7.74. The Bertz CT molecular complexity index is 478. The van der Waals surface area contributed by atoms with Gasteiger partial charge in [0.2, 0.25) is 5.82 Å². The lowest BCUT2D eigenvalue weighted by molar-refractivity contribution is 0.881. The Kier molecular flexibility index (Phi) is 2.96. The highest BCUT2D eigenvalue weighted by Gasteiger charge is 2.00. The smallest absolute Gasteiger partial charge is 0.177 e. The van der Waals surface area contributed by atoms with Crippen LogP contribution in [0.15, 0.2) is 24.3 Å². The van der Waals surface area contributed by atoms with E-state index >= 15 is 0 Å². The summed E-state index contributed by atoms with van der Waals surface area (Å²) in [6, 6.07) is 7.57. The fourth-order valence-corrected chi connectivity index (χ4v) is 1.19. The zero-order valence-corrected chi connectivity index (χ0v) is 8.49. The number of aromatic nitrogens is 4. The highest BCUT2D eigenvalue weighted by atomic mass is 35.5. The van der Waals surface area contributed by atoms with Crippen LogP contribution in [0.5, 0.6) is 0 Å². The molecule has 1 heterocycles. The Hall–Kier alpha value is -1.86. The molecular formula is C10H7ClN4. The molecule has 0 saturated carbocycles. The molecule has 1 N–H and O–H groups in total. The van der Waals surface area contributed by atoms with E-state index in [2.05, 4.69) is 32.5 Å². The number of benzene rings is 1. The highest BCUT2D eigenvalue weighted by Crippen LogP contribution is 2.13. The van der Waals surface area contributed by atoms with Gasteiger partial charge in [0, 0.05) is 11.1 Å². The minimum Gasteiger partial charge on any atom is -0.177 e. The molecule has 5 heteroatoms. The first kappa shape index (κ1) is 9.69. The molecule has 0 aliphatic rings. The van der Waals surface area contributed by atoms with Gasteiger partial charge in [-0.2, -0.15) is 5.21 Å². The summed E-state index contributed by atoms with van der Waals surface area (Å²) < 4.78 is 0. The normalized spacial score (nSPS) is 9.40. The van der Waals surface area contributed by atoms with E-state index in [0.717, 1.165) is 11.1 Å². The monoisotopic (exact) mass is 218 g/mol. The average Bonchev–Trinajstić information content (AvgIpc) is 2.80. The SMILES string of the molecule is ClCC#Cc1ccc(-c2nn[nH]n2)cc1. The molecule has 1 aromatic carbocycles. The van der Waals surface area contributed by atoms with Crippen molar-refractivity contribution in [1.29, 1.82) is 0 Å². The number of aromatic amines is 1. The fraction of sp³-hybridized carbons (Fsp3) is 0.100. The van der Waals surface area contributed by atoms with E-state index < -0.39 is 0 Å². The summed E-state index contributed by atoms with van der Waals surface area (Å²) in [4.78, 5) is 0. The molecule has 0 atom stereocenters. The Morgan fingerprint density at radius 1 is 1.27 bits per heavy atom. The molecule has 0 amide bonds. The zero-order chi connectivity index (χ0) is 10.5. The molecule has 0 aliphatic heterocycles. The summed E-state index contributed by atoms with van der Waals surface area (Å²) in [7, 11) is 0. The van der Waals surface area contributed by atoms with Gasteiger partial charge in [0.15, 0.2) is 0 Å². The van der Waals surface area contributed by atoms with E-state index in [1.807, 2.05) is 24.3 Å². The van der Waals surface area contributed by atoms with Gasteiger partial charge in [0.05, 0.1) is 5.88 Å². The van der Waals surface area contributed by atoms with Gasteiger partial charge in [0.1, 0.15) is 0 Å². The Labute approximate surface area is 91.7 Å². The first-order chi connectivity index (χ1) is 7.40. The van der Waals surface area contributed by atoms with Crippen LogP contribution in [0.2, 0.25) is 0 Å². The molecule has 2 rings (SSSR count). The van der Waals surface area contributed by atoms with Crippen molar-refractivity contribution in [3.8, 4) is 23.2 Å². The van der Waals surface area contributed by atoms with E-state index in [-0.39, 0.29) is 0 Å². The summed E-state index contributed by atoms with van der Waals surface area (Å²) in [5.74, 6) is 6.62. The van der Waals surface area contributed by atoms with E-state index in [4.69, 9.17) is 11.6 Å². The highest BCUT2D eigenvalue weighted by molar-refractivity contribution is 6.19. The van der Waals surface area contributed by atoms with Gasteiger partial charge in [-0.1, -0.05) is 11.8 Å². The third-order valence-corrected chi connectivity index (χ3v) is 1.92. The van der Waals surface area contributed by atoms with Gasteiger partial charge < -0.3 is 0 Å². The third kappa shape index (κ3) is 2.33. The molecule has 2 aromatic rings. The van der Waals surface area contributed by atoms with Gasteiger partial charge in [-0.15, -0.1) is 21.8 Å². The van der Waals surface area contributed by atoms with E-state index in [9.17, 15) is 0 Å². The molecule has 0 spiro atoms. The predicted octanol–water partition coefficient (Wildman–Crippen LogP) is 1.46. The van der Waals surface area contributed by atoms with Crippen molar-refractivity contribution in [3.63, 3.8) is 0 Å². The average molecular weight is 219 g/mol. The van der Waals surface area contributed by atoms with Gasteiger partial charge >= 0.3 is 0 Å². The maximum absolute atomic E-state index is 5.46. The number of hydrogen-bond donors (Lipinski definition) is 1. The molecule has 0 unspecified atom stereocenters. The topological polar surface area (TPSA) is 54.5 Å². The Morgan fingerprint density at radius 3 is 2.67 bits per heavy atom. The lowest BCUT2D eigenvalue weighted by Crippen LogP contribution is -1.81.